The third kappa shape index (κ3) is 3.40. The average Bonchev–Trinajstić information content (AvgIpc) is 3.14. The van der Waals surface area contributed by atoms with E-state index in [9.17, 15) is 4.79 Å². The molecule has 29 heavy (non-hydrogen) atoms. The molecule has 0 atom stereocenters. The van der Waals surface area contributed by atoms with Gasteiger partial charge in [-0.3, -0.25) is 4.79 Å². The molecular weight excluding hydrogens is 427 g/mol. The SMILES string of the molecule is O=C(Cn1c2c(c3c(Cl)ccc(Cl)c31)CCNCC2)Nc1nc2ccccc2s1. The third-order valence-corrected chi connectivity index (χ3v) is 6.83. The van der Waals surface area contributed by atoms with E-state index in [2.05, 4.69) is 15.6 Å². The van der Waals surface area contributed by atoms with Gasteiger partial charge in [0.05, 0.1) is 25.8 Å². The molecule has 2 N–H and O–H groups in total. The largest absolute Gasteiger partial charge is 0.334 e. The van der Waals surface area contributed by atoms with Gasteiger partial charge < -0.3 is 15.2 Å². The van der Waals surface area contributed by atoms with Gasteiger partial charge in [-0.15, -0.1) is 0 Å². The van der Waals surface area contributed by atoms with Crippen molar-refractivity contribution in [1.29, 1.82) is 0 Å². The Balaban J connectivity index is 1.53. The monoisotopic (exact) mass is 444 g/mol. The minimum atomic E-state index is -0.128. The van der Waals surface area contributed by atoms with Crippen LogP contribution in [0.25, 0.3) is 21.1 Å². The lowest BCUT2D eigenvalue weighted by molar-refractivity contribution is -0.116. The molecule has 0 unspecified atom stereocenters. The fourth-order valence-corrected chi connectivity index (χ4v) is 5.45. The van der Waals surface area contributed by atoms with E-state index in [1.165, 1.54) is 16.9 Å². The van der Waals surface area contributed by atoms with E-state index in [0.29, 0.717) is 15.2 Å². The first kappa shape index (κ1) is 18.9. The molecule has 1 amide bonds. The second kappa shape index (κ2) is 7.61. The summed E-state index contributed by atoms with van der Waals surface area (Å²) in [5.74, 6) is -0.128. The summed E-state index contributed by atoms with van der Waals surface area (Å²) in [6.07, 6.45) is 1.68. The number of hydrogen-bond donors (Lipinski definition) is 2. The molecule has 5 nitrogen and oxygen atoms in total. The second-order valence-electron chi connectivity index (χ2n) is 7.05. The van der Waals surface area contributed by atoms with Gasteiger partial charge in [-0.05, 0) is 42.8 Å². The minimum absolute atomic E-state index is 0.128. The lowest BCUT2D eigenvalue weighted by Crippen LogP contribution is -2.21. The Kier molecular flexibility index (Phi) is 4.95. The van der Waals surface area contributed by atoms with E-state index in [1.807, 2.05) is 34.9 Å². The summed E-state index contributed by atoms with van der Waals surface area (Å²) in [6, 6.07) is 11.5. The van der Waals surface area contributed by atoms with Crippen molar-refractivity contribution >= 4 is 66.7 Å². The molecule has 0 aliphatic carbocycles. The molecule has 2 aromatic heterocycles. The standard InChI is InChI=1S/C21H18Cl2N4OS/c22-13-5-6-14(23)20-19(13)12-7-9-24-10-8-16(12)27(20)11-18(28)26-21-25-15-3-1-2-4-17(15)29-21/h1-6,24H,7-11H2,(H,25,26,28). The van der Waals surface area contributed by atoms with Crippen molar-refractivity contribution in [3.05, 3.63) is 57.7 Å². The lowest BCUT2D eigenvalue weighted by atomic mass is 10.1. The molecule has 2 aromatic carbocycles. The van der Waals surface area contributed by atoms with Crippen molar-refractivity contribution < 1.29 is 4.79 Å². The first-order valence-electron chi connectivity index (χ1n) is 9.46. The Morgan fingerprint density at radius 2 is 1.93 bits per heavy atom. The molecule has 3 heterocycles. The number of hydrogen-bond acceptors (Lipinski definition) is 4. The van der Waals surface area contributed by atoms with E-state index >= 15 is 0 Å². The second-order valence-corrected chi connectivity index (χ2v) is 8.89. The van der Waals surface area contributed by atoms with Gasteiger partial charge in [0.2, 0.25) is 5.91 Å². The number of fused-ring (bicyclic) bond motifs is 4. The van der Waals surface area contributed by atoms with Crippen molar-refractivity contribution in [2.45, 2.75) is 19.4 Å². The number of nitrogens with one attached hydrogen (secondary N) is 2. The van der Waals surface area contributed by atoms with Crippen LogP contribution in [0.5, 0.6) is 0 Å². The first-order chi connectivity index (χ1) is 14.1. The minimum Gasteiger partial charge on any atom is -0.334 e. The van der Waals surface area contributed by atoms with Crippen LogP contribution in [0, 0.1) is 0 Å². The summed E-state index contributed by atoms with van der Waals surface area (Å²) in [6.45, 7) is 1.91. The lowest BCUT2D eigenvalue weighted by Gasteiger charge is -2.11. The maximum absolute atomic E-state index is 12.9. The maximum atomic E-state index is 12.9. The molecule has 1 aliphatic rings. The highest BCUT2D eigenvalue weighted by Crippen LogP contribution is 2.37. The maximum Gasteiger partial charge on any atom is 0.246 e. The summed E-state index contributed by atoms with van der Waals surface area (Å²) in [4.78, 5) is 17.4. The summed E-state index contributed by atoms with van der Waals surface area (Å²) >= 11 is 14.6. The number of carbonyl (C=O) groups is 1. The topological polar surface area (TPSA) is 59.0 Å². The van der Waals surface area contributed by atoms with Crippen LogP contribution in [0.1, 0.15) is 11.3 Å². The summed E-state index contributed by atoms with van der Waals surface area (Å²) in [7, 11) is 0. The summed E-state index contributed by atoms with van der Waals surface area (Å²) < 4.78 is 3.07. The molecule has 0 bridgehead atoms. The smallest absolute Gasteiger partial charge is 0.246 e. The van der Waals surface area contributed by atoms with E-state index in [1.54, 1.807) is 6.07 Å². The Hall–Kier alpha value is -2.12. The van der Waals surface area contributed by atoms with Crippen LogP contribution in [0.3, 0.4) is 0 Å². The van der Waals surface area contributed by atoms with Gasteiger partial charge in [0, 0.05) is 24.0 Å². The van der Waals surface area contributed by atoms with Crippen molar-refractivity contribution in [3.63, 3.8) is 0 Å². The number of nitrogens with zero attached hydrogens (tertiary/aromatic N) is 2. The van der Waals surface area contributed by atoms with Gasteiger partial charge in [-0.2, -0.15) is 0 Å². The van der Waals surface area contributed by atoms with Crippen LogP contribution in [0.2, 0.25) is 10.0 Å². The highest BCUT2D eigenvalue weighted by Gasteiger charge is 2.24. The van der Waals surface area contributed by atoms with Gasteiger partial charge in [0.1, 0.15) is 6.54 Å². The zero-order valence-electron chi connectivity index (χ0n) is 15.5. The fourth-order valence-electron chi connectivity index (χ4n) is 4.04. The molecule has 8 heteroatoms. The van der Waals surface area contributed by atoms with Crippen LogP contribution in [0.15, 0.2) is 36.4 Å². The molecule has 0 saturated carbocycles. The third-order valence-electron chi connectivity index (χ3n) is 5.26. The normalized spacial score (nSPS) is 14.1. The number of rotatable bonds is 3. The predicted octanol–water partition coefficient (Wildman–Crippen LogP) is 4.88. The number of benzene rings is 2. The molecule has 4 aromatic rings. The van der Waals surface area contributed by atoms with Crippen LogP contribution < -0.4 is 10.6 Å². The van der Waals surface area contributed by atoms with Gasteiger partial charge in [0.15, 0.2) is 5.13 Å². The van der Waals surface area contributed by atoms with E-state index < -0.39 is 0 Å². The van der Waals surface area contributed by atoms with Gasteiger partial charge in [0.25, 0.3) is 0 Å². The number of para-hydroxylation sites is 1. The fraction of sp³-hybridized carbons (Fsp3) is 0.238. The van der Waals surface area contributed by atoms with Gasteiger partial charge >= 0.3 is 0 Å². The van der Waals surface area contributed by atoms with Crippen molar-refractivity contribution in [2.24, 2.45) is 0 Å². The Bertz CT molecular complexity index is 1210. The molecule has 0 spiro atoms. The quantitative estimate of drug-likeness (QED) is 0.473. The zero-order chi connectivity index (χ0) is 20.0. The van der Waals surface area contributed by atoms with Crippen molar-refractivity contribution in [2.75, 3.05) is 18.4 Å². The van der Waals surface area contributed by atoms with Crippen LogP contribution in [-0.4, -0.2) is 28.5 Å². The number of halogens is 2. The Morgan fingerprint density at radius 1 is 1.14 bits per heavy atom. The molecule has 0 fully saturated rings. The average molecular weight is 445 g/mol. The molecule has 0 radical (unpaired) electrons. The van der Waals surface area contributed by atoms with Crippen LogP contribution >= 0.6 is 34.5 Å². The van der Waals surface area contributed by atoms with E-state index in [0.717, 1.165) is 52.7 Å². The molecule has 1 aliphatic heterocycles. The highest BCUT2D eigenvalue weighted by molar-refractivity contribution is 7.22. The molecular formula is C21H18Cl2N4OS. The molecule has 5 rings (SSSR count). The molecule has 0 saturated heterocycles. The molecule has 148 valence electrons. The summed E-state index contributed by atoms with van der Waals surface area (Å²) in [5.41, 5.74) is 4.03. The Morgan fingerprint density at radius 3 is 2.79 bits per heavy atom. The van der Waals surface area contributed by atoms with Crippen molar-refractivity contribution in [1.82, 2.24) is 14.9 Å². The summed E-state index contributed by atoms with van der Waals surface area (Å²) in [5, 5.41) is 9.21. The first-order valence-corrected chi connectivity index (χ1v) is 11.0. The van der Waals surface area contributed by atoms with Crippen molar-refractivity contribution in [3.8, 4) is 0 Å². The predicted molar refractivity (Wildman–Crippen MR) is 120 cm³/mol. The number of amides is 1. The number of aromatic nitrogens is 2. The number of anilines is 1. The van der Waals surface area contributed by atoms with E-state index in [4.69, 9.17) is 23.2 Å². The van der Waals surface area contributed by atoms with E-state index in [-0.39, 0.29) is 12.5 Å². The van der Waals surface area contributed by atoms with Crippen LogP contribution in [-0.2, 0) is 24.2 Å². The van der Waals surface area contributed by atoms with Crippen LogP contribution in [0.4, 0.5) is 5.13 Å². The highest BCUT2D eigenvalue weighted by atomic mass is 35.5. The Labute approximate surface area is 181 Å². The number of carbonyl (C=O) groups excluding carboxylic acids is 1. The number of thiazole rings is 1. The zero-order valence-corrected chi connectivity index (χ0v) is 17.8. The van der Waals surface area contributed by atoms with Gasteiger partial charge in [-0.25, -0.2) is 4.98 Å². The van der Waals surface area contributed by atoms with Gasteiger partial charge in [-0.1, -0.05) is 46.7 Å².